The number of aryl methyl sites for hydroxylation is 1. The standard InChI is InChI=1S/C13H15BrF3N5O/c1-3-21-6-9(5-19-21)4-18-10(23)7-22-8(2)11(14)12(20-22)13(15,16)17/h5-6H,3-4,7H2,1-2H3,(H,18,23). The van der Waals surface area contributed by atoms with Crippen molar-refractivity contribution in [1.29, 1.82) is 0 Å². The van der Waals surface area contributed by atoms with Crippen LogP contribution in [0.4, 0.5) is 13.2 Å². The molecule has 2 heterocycles. The Morgan fingerprint density at radius 2 is 2.13 bits per heavy atom. The molecule has 0 aromatic carbocycles. The van der Waals surface area contributed by atoms with Crippen molar-refractivity contribution in [3.63, 3.8) is 0 Å². The maximum atomic E-state index is 12.8. The summed E-state index contributed by atoms with van der Waals surface area (Å²) in [6, 6.07) is 0. The van der Waals surface area contributed by atoms with Crippen molar-refractivity contribution in [1.82, 2.24) is 24.9 Å². The molecule has 2 rings (SSSR count). The molecule has 2 aromatic rings. The molecular formula is C13H15BrF3N5O. The number of alkyl halides is 3. The Morgan fingerprint density at radius 3 is 2.65 bits per heavy atom. The molecule has 6 nitrogen and oxygen atoms in total. The van der Waals surface area contributed by atoms with Crippen LogP contribution in [0, 0.1) is 6.92 Å². The van der Waals surface area contributed by atoms with Crippen molar-refractivity contribution in [2.75, 3.05) is 0 Å². The fourth-order valence-electron chi connectivity index (χ4n) is 1.92. The lowest BCUT2D eigenvalue weighted by Gasteiger charge is -2.06. The molecule has 0 spiro atoms. The number of rotatable bonds is 5. The first-order chi connectivity index (χ1) is 10.7. The second-order valence-corrected chi connectivity index (χ2v) is 5.68. The zero-order valence-electron chi connectivity index (χ0n) is 12.5. The molecule has 0 saturated carbocycles. The van der Waals surface area contributed by atoms with Gasteiger partial charge in [-0.25, -0.2) is 0 Å². The molecule has 2 aromatic heterocycles. The third-order valence-electron chi connectivity index (χ3n) is 3.20. The fourth-order valence-corrected chi connectivity index (χ4v) is 2.43. The summed E-state index contributed by atoms with van der Waals surface area (Å²) in [6.45, 7) is 4.08. The third-order valence-corrected chi connectivity index (χ3v) is 4.15. The number of nitrogens with zero attached hydrogens (tertiary/aromatic N) is 4. The first-order valence-corrected chi connectivity index (χ1v) is 7.59. The number of hydrogen-bond acceptors (Lipinski definition) is 3. The summed E-state index contributed by atoms with van der Waals surface area (Å²) < 4.78 is 40.9. The summed E-state index contributed by atoms with van der Waals surface area (Å²) >= 11 is 2.87. The Kier molecular flexibility index (Phi) is 5.12. The Bertz CT molecular complexity index is 707. The van der Waals surface area contributed by atoms with Crippen LogP contribution >= 0.6 is 15.9 Å². The Morgan fingerprint density at radius 1 is 1.43 bits per heavy atom. The first kappa shape index (κ1) is 17.5. The average molecular weight is 394 g/mol. The summed E-state index contributed by atoms with van der Waals surface area (Å²) in [4.78, 5) is 11.9. The summed E-state index contributed by atoms with van der Waals surface area (Å²) in [5.41, 5.74) is 0.0212. The van der Waals surface area contributed by atoms with E-state index in [9.17, 15) is 18.0 Å². The van der Waals surface area contributed by atoms with Gasteiger partial charge in [0.2, 0.25) is 5.91 Å². The predicted molar refractivity (Wildman–Crippen MR) is 79.4 cm³/mol. The summed E-state index contributed by atoms with van der Waals surface area (Å²) in [7, 11) is 0. The number of nitrogens with one attached hydrogen (secondary N) is 1. The monoisotopic (exact) mass is 393 g/mol. The summed E-state index contributed by atoms with van der Waals surface area (Å²) in [6.07, 6.45) is -1.15. The van der Waals surface area contributed by atoms with Gasteiger partial charge in [0.15, 0.2) is 5.69 Å². The highest BCUT2D eigenvalue weighted by molar-refractivity contribution is 9.10. The Balaban J connectivity index is 2.00. The van der Waals surface area contributed by atoms with Crippen molar-refractivity contribution >= 4 is 21.8 Å². The zero-order valence-corrected chi connectivity index (χ0v) is 14.1. The van der Waals surface area contributed by atoms with Crippen LogP contribution in [0.15, 0.2) is 16.9 Å². The largest absolute Gasteiger partial charge is 0.436 e. The van der Waals surface area contributed by atoms with E-state index in [1.54, 1.807) is 17.1 Å². The minimum absolute atomic E-state index is 0.151. The van der Waals surface area contributed by atoms with Crippen molar-refractivity contribution in [3.05, 3.63) is 33.8 Å². The zero-order chi connectivity index (χ0) is 17.2. The number of carbonyl (C=O) groups is 1. The predicted octanol–water partition coefficient (Wildman–Crippen LogP) is 2.51. The van der Waals surface area contributed by atoms with Crippen LogP contribution < -0.4 is 5.32 Å². The SMILES string of the molecule is CCn1cc(CNC(=O)Cn2nc(C(F)(F)F)c(Br)c2C)cn1. The molecule has 10 heteroatoms. The normalized spacial score (nSPS) is 11.7. The molecule has 0 fully saturated rings. The van der Waals surface area contributed by atoms with E-state index in [1.807, 2.05) is 6.92 Å². The molecular weight excluding hydrogens is 379 g/mol. The molecule has 126 valence electrons. The number of aromatic nitrogens is 4. The molecule has 1 N–H and O–H groups in total. The highest BCUT2D eigenvalue weighted by atomic mass is 79.9. The maximum absolute atomic E-state index is 12.8. The van der Waals surface area contributed by atoms with Gasteiger partial charge in [-0.2, -0.15) is 23.4 Å². The minimum Gasteiger partial charge on any atom is -0.350 e. The van der Waals surface area contributed by atoms with E-state index >= 15 is 0 Å². The molecule has 0 saturated heterocycles. The lowest BCUT2D eigenvalue weighted by molar-refractivity contribution is -0.142. The minimum atomic E-state index is -4.57. The second kappa shape index (κ2) is 6.73. The van der Waals surface area contributed by atoms with Gasteiger partial charge < -0.3 is 5.32 Å². The van der Waals surface area contributed by atoms with Crippen LogP contribution in [0.2, 0.25) is 0 Å². The number of hydrogen-bond donors (Lipinski definition) is 1. The van der Waals surface area contributed by atoms with E-state index < -0.39 is 17.8 Å². The maximum Gasteiger partial charge on any atom is 0.436 e. The fraction of sp³-hybridized carbons (Fsp3) is 0.462. The van der Waals surface area contributed by atoms with Gasteiger partial charge in [-0.3, -0.25) is 14.2 Å². The lowest BCUT2D eigenvalue weighted by atomic mass is 10.3. The quantitative estimate of drug-likeness (QED) is 0.848. The molecule has 0 radical (unpaired) electrons. The van der Waals surface area contributed by atoms with Crippen LogP contribution in [-0.4, -0.2) is 25.5 Å². The molecule has 0 unspecified atom stereocenters. The Hall–Kier alpha value is -1.84. The van der Waals surface area contributed by atoms with Crippen LogP contribution in [0.3, 0.4) is 0 Å². The van der Waals surface area contributed by atoms with E-state index in [-0.39, 0.29) is 23.3 Å². The van der Waals surface area contributed by atoms with Gasteiger partial charge in [-0.05, 0) is 29.8 Å². The van der Waals surface area contributed by atoms with Crippen LogP contribution in [0.5, 0.6) is 0 Å². The molecule has 0 atom stereocenters. The summed E-state index contributed by atoms with van der Waals surface area (Å²) in [5, 5.41) is 10.2. The highest BCUT2D eigenvalue weighted by Gasteiger charge is 2.38. The van der Waals surface area contributed by atoms with E-state index in [0.717, 1.165) is 10.2 Å². The van der Waals surface area contributed by atoms with Gasteiger partial charge >= 0.3 is 6.18 Å². The molecule has 0 aliphatic heterocycles. The van der Waals surface area contributed by atoms with Crippen molar-refractivity contribution in [3.8, 4) is 0 Å². The molecule has 0 bridgehead atoms. The molecule has 23 heavy (non-hydrogen) atoms. The Labute approximate surface area is 138 Å². The number of halogens is 4. The van der Waals surface area contributed by atoms with E-state index in [0.29, 0.717) is 6.54 Å². The van der Waals surface area contributed by atoms with Crippen LogP contribution in [0.25, 0.3) is 0 Å². The van der Waals surface area contributed by atoms with Crippen molar-refractivity contribution < 1.29 is 18.0 Å². The number of amides is 1. The van der Waals surface area contributed by atoms with E-state index in [1.165, 1.54) is 6.92 Å². The molecule has 0 aliphatic rings. The van der Waals surface area contributed by atoms with Gasteiger partial charge in [0.25, 0.3) is 0 Å². The van der Waals surface area contributed by atoms with Gasteiger partial charge in [0.1, 0.15) is 6.54 Å². The first-order valence-electron chi connectivity index (χ1n) is 6.80. The van der Waals surface area contributed by atoms with E-state index in [2.05, 4.69) is 31.4 Å². The van der Waals surface area contributed by atoms with Gasteiger partial charge in [-0.1, -0.05) is 0 Å². The van der Waals surface area contributed by atoms with Gasteiger partial charge in [0, 0.05) is 24.8 Å². The van der Waals surface area contributed by atoms with Crippen molar-refractivity contribution in [2.45, 2.75) is 39.7 Å². The smallest absolute Gasteiger partial charge is 0.350 e. The average Bonchev–Trinajstić information content (AvgIpc) is 3.04. The van der Waals surface area contributed by atoms with Gasteiger partial charge in [-0.15, -0.1) is 0 Å². The second-order valence-electron chi connectivity index (χ2n) is 4.88. The van der Waals surface area contributed by atoms with Crippen LogP contribution in [-0.2, 0) is 30.6 Å². The topological polar surface area (TPSA) is 64.7 Å². The van der Waals surface area contributed by atoms with Crippen LogP contribution in [0.1, 0.15) is 23.9 Å². The highest BCUT2D eigenvalue weighted by Crippen LogP contribution is 2.35. The molecule has 0 aliphatic carbocycles. The number of carbonyl (C=O) groups excluding carboxylic acids is 1. The van der Waals surface area contributed by atoms with Gasteiger partial charge in [0.05, 0.1) is 16.4 Å². The third kappa shape index (κ3) is 4.12. The molecule has 1 amide bonds. The summed E-state index contributed by atoms with van der Waals surface area (Å²) in [5.74, 6) is -0.430. The van der Waals surface area contributed by atoms with Crippen molar-refractivity contribution in [2.24, 2.45) is 0 Å². The van der Waals surface area contributed by atoms with E-state index in [4.69, 9.17) is 0 Å². The lowest BCUT2D eigenvalue weighted by Crippen LogP contribution is -2.28.